The third-order valence-electron chi connectivity index (χ3n) is 9.18. The van der Waals surface area contributed by atoms with Crippen molar-refractivity contribution in [3.63, 3.8) is 0 Å². The summed E-state index contributed by atoms with van der Waals surface area (Å²) in [5.74, 6) is -0.463. The number of hydrogen-bond acceptors (Lipinski definition) is 7. The van der Waals surface area contributed by atoms with Crippen LogP contribution in [0.1, 0.15) is 76.8 Å². The van der Waals surface area contributed by atoms with Gasteiger partial charge in [-0.25, -0.2) is 0 Å². The topological polar surface area (TPSA) is 116 Å². The lowest BCUT2D eigenvalue weighted by Gasteiger charge is -2.32. The molecule has 0 aromatic heterocycles. The third-order valence-corrected chi connectivity index (χ3v) is 12.0. The molecule has 0 bridgehead atoms. The van der Waals surface area contributed by atoms with Gasteiger partial charge in [-0.05, 0) is 54.9 Å². The van der Waals surface area contributed by atoms with Gasteiger partial charge < -0.3 is 15.5 Å². The summed E-state index contributed by atoms with van der Waals surface area (Å²) in [6.07, 6.45) is 3.15. The molecule has 2 heterocycles. The van der Waals surface area contributed by atoms with E-state index in [9.17, 15) is 24.0 Å². The lowest BCUT2D eigenvalue weighted by molar-refractivity contribution is -0.142. The average molecular weight is 701 g/mol. The Balaban J connectivity index is 1.30. The van der Waals surface area contributed by atoms with Crippen molar-refractivity contribution in [2.75, 3.05) is 25.9 Å². The Hall–Kier alpha value is -4.09. The minimum absolute atomic E-state index is 0.0123. The van der Waals surface area contributed by atoms with Gasteiger partial charge in [-0.3, -0.25) is 28.9 Å². The largest absolute Gasteiger partial charge is 0.357 e. The van der Waals surface area contributed by atoms with E-state index in [0.717, 1.165) is 16.9 Å². The Bertz CT molecular complexity index is 1590. The SMILES string of the molecule is CCSSC(CCCCN1C(=O)c2ccccc2C1=O)C(=O)N[C@H]1C[C@@H](c2ccccc2)CCN([C@@H](Cc2ccccc2)C(=O)NC)C1=O. The van der Waals surface area contributed by atoms with Gasteiger partial charge >= 0.3 is 0 Å². The highest BCUT2D eigenvalue weighted by Crippen LogP contribution is 2.33. The van der Waals surface area contributed by atoms with Crippen molar-refractivity contribution in [3.8, 4) is 0 Å². The molecule has 5 rings (SSSR count). The normalized spacial score (nSPS) is 18.9. The number of unbranched alkanes of at least 4 members (excludes halogenated alkanes) is 1. The number of carbonyl (C=O) groups excluding carboxylic acids is 5. The van der Waals surface area contributed by atoms with Crippen LogP contribution in [0.3, 0.4) is 0 Å². The van der Waals surface area contributed by atoms with Crippen molar-refractivity contribution in [2.45, 2.75) is 68.7 Å². The summed E-state index contributed by atoms with van der Waals surface area (Å²) in [4.78, 5) is 70.2. The number of likely N-dealkylation sites (tertiary alicyclic amines) is 1. The second-order valence-electron chi connectivity index (χ2n) is 12.3. The van der Waals surface area contributed by atoms with E-state index in [1.165, 1.54) is 15.7 Å². The minimum Gasteiger partial charge on any atom is -0.357 e. The van der Waals surface area contributed by atoms with Gasteiger partial charge in [0.1, 0.15) is 12.1 Å². The highest BCUT2D eigenvalue weighted by molar-refractivity contribution is 8.77. The lowest BCUT2D eigenvalue weighted by Crippen LogP contribution is -2.56. The molecule has 0 radical (unpaired) electrons. The highest BCUT2D eigenvalue weighted by atomic mass is 33.1. The number of nitrogens with one attached hydrogen (secondary N) is 2. The number of likely N-dealkylation sites (N-methyl/N-ethyl adjacent to an activating group) is 1. The molecule has 11 heteroatoms. The number of fused-ring (bicyclic) bond motifs is 1. The van der Waals surface area contributed by atoms with Gasteiger partial charge in [0, 0.05) is 32.3 Å². The van der Waals surface area contributed by atoms with E-state index in [1.54, 1.807) is 47.0 Å². The molecule has 9 nitrogen and oxygen atoms in total. The van der Waals surface area contributed by atoms with E-state index in [1.807, 2.05) is 55.5 Å². The summed E-state index contributed by atoms with van der Waals surface area (Å²) >= 11 is 0. The van der Waals surface area contributed by atoms with Crippen LogP contribution in [0.4, 0.5) is 0 Å². The zero-order valence-electron chi connectivity index (χ0n) is 28.0. The number of benzene rings is 3. The first-order valence-electron chi connectivity index (χ1n) is 17.0. The first-order chi connectivity index (χ1) is 23.8. The van der Waals surface area contributed by atoms with Crippen LogP contribution in [-0.2, 0) is 20.8 Å². The van der Waals surface area contributed by atoms with Crippen LogP contribution in [0.5, 0.6) is 0 Å². The minimum atomic E-state index is -0.809. The van der Waals surface area contributed by atoms with Crippen molar-refractivity contribution >= 4 is 51.1 Å². The zero-order valence-corrected chi connectivity index (χ0v) is 29.6. The Morgan fingerprint density at radius 1 is 0.857 bits per heavy atom. The molecule has 1 unspecified atom stereocenters. The molecule has 0 saturated carbocycles. The van der Waals surface area contributed by atoms with Crippen molar-refractivity contribution < 1.29 is 24.0 Å². The van der Waals surface area contributed by atoms with E-state index in [2.05, 4.69) is 22.8 Å². The van der Waals surface area contributed by atoms with Crippen molar-refractivity contribution in [1.29, 1.82) is 0 Å². The molecular formula is C38H44N4O5S2. The molecule has 0 aliphatic carbocycles. The summed E-state index contributed by atoms with van der Waals surface area (Å²) in [6, 6.07) is 25.0. The van der Waals surface area contributed by atoms with E-state index in [4.69, 9.17) is 0 Å². The first-order valence-corrected chi connectivity index (χ1v) is 19.3. The summed E-state index contributed by atoms with van der Waals surface area (Å²) in [6.45, 7) is 2.69. The summed E-state index contributed by atoms with van der Waals surface area (Å²) in [5.41, 5.74) is 2.90. The molecule has 0 spiro atoms. The summed E-state index contributed by atoms with van der Waals surface area (Å²) < 4.78 is 0. The van der Waals surface area contributed by atoms with Gasteiger partial charge in [0.15, 0.2) is 0 Å². The molecule has 4 atom stereocenters. The van der Waals surface area contributed by atoms with Crippen molar-refractivity contribution in [2.24, 2.45) is 0 Å². The van der Waals surface area contributed by atoms with E-state index in [-0.39, 0.29) is 42.0 Å². The molecule has 2 aliphatic heterocycles. The monoisotopic (exact) mass is 700 g/mol. The predicted molar refractivity (Wildman–Crippen MR) is 195 cm³/mol. The molecular weight excluding hydrogens is 657 g/mol. The molecule has 258 valence electrons. The van der Waals surface area contributed by atoms with Gasteiger partial charge in [0.25, 0.3) is 11.8 Å². The van der Waals surface area contributed by atoms with Crippen LogP contribution in [0, 0.1) is 0 Å². The van der Waals surface area contributed by atoms with Crippen LogP contribution >= 0.6 is 21.6 Å². The Morgan fingerprint density at radius 3 is 2.12 bits per heavy atom. The van der Waals surface area contributed by atoms with Crippen LogP contribution in [0.15, 0.2) is 84.9 Å². The smallest absolute Gasteiger partial charge is 0.261 e. The molecule has 2 N–H and O–H groups in total. The number of imide groups is 1. The van der Waals surface area contributed by atoms with Gasteiger partial charge in [0.2, 0.25) is 17.7 Å². The van der Waals surface area contributed by atoms with Crippen molar-refractivity contribution in [3.05, 3.63) is 107 Å². The standard InChI is InChI=1S/C38H44N4O5S2/c1-3-48-49-33(20-12-13-22-42-36(45)29-18-10-11-19-30(29)37(42)46)35(44)40-31-25-28(27-16-8-5-9-17-27)21-23-41(38(31)47)32(34(43)39-2)24-26-14-6-4-7-15-26/h4-11,14-19,28,31-33H,3,12-13,20-25H2,1-2H3,(H,39,43)(H,40,44)/t28-,31-,32-,33?/m0/s1. The van der Waals surface area contributed by atoms with E-state index < -0.39 is 17.3 Å². The maximum Gasteiger partial charge on any atom is 0.261 e. The molecule has 2 aliphatic rings. The number of rotatable bonds is 15. The lowest BCUT2D eigenvalue weighted by atomic mass is 9.90. The Morgan fingerprint density at radius 2 is 1.49 bits per heavy atom. The van der Waals surface area contributed by atoms with E-state index >= 15 is 0 Å². The van der Waals surface area contributed by atoms with Crippen LogP contribution in [-0.4, -0.2) is 82.6 Å². The Kier molecular flexibility index (Phi) is 13.0. The number of amides is 5. The number of hydrogen-bond donors (Lipinski definition) is 2. The molecule has 49 heavy (non-hydrogen) atoms. The Labute approximate surface area is 296 Å². The second kappa shape index (κ2) is 17.5. The van der Waals surface area contributed by atoms with Gasteiger partial charge in [-0.1, -0.05) is 108 Å². The zero-order chi connectivity index (χ0) is 34.8. The number of carbonyl (C=O) groups is 5. The fourth-order valence-corrected chi connectivity index (χ4v) is 8.77. The second-order valence-corrected chi connectivity index (χ2v) is 15.2. The molecule has 3 aromatic carbocycles. The maximum atomic E-state index is 14.4. The molecule has 1 saturated heterocycles. The van der Waals surface area contributed by atoms with Crippen LogP contribution in [0.2, 0.25) is 0 Å². The van der Waals surface area contributed by atoms with Crippen molar-refractivity contribution in [1.82, 2.24) is 20.4 Å². The number of nitrogens with zero attached hydrogens (tertiary/aromatic N) is 2. The molecule has 3 aromatic rings. The maximum absolute atomic E-state index is 14.4. The molecule has 5 amide bonds. The van der Waals surface area contributed by atoms with E-state index in [0.29, 0.717) is 56.2 Å². The van der Waals surface area contributed by atoms with Gasteiger partial charge in [0.05, 0.1) is 16.4 Å². The average Bonchev–Trinajstić information content (AvgIpc) is 3.26. The predicted octanol–water partition coefficient (Wildman–Crippen LogP) is 5.47. The van der Waals surface area contributed by atoms with Gasteiger partial charge in [-0.2, -0.15) is 0 Å². The fourth-order valence-electron chi connectivity index (χ4n) is 6.59. The quantitative estimate of drug-likeness (QED) is 0.123. The highest BCUT2D eigenvalue weighted by Gasteiger charge is 2.39. The summed E-state index contributed by atoms with van der Waals surface area (Å²) in [7, 11) is 4.65. The fraction of sp³-hybridized carbons (Fsp3) is 0.395. The molecule has 1 fully saturated rings. The van der Waals surface area contributed by atoms with Crippen LogP contribution < -0.4 is 10.6 Å². The first kappa shape index (κ1) is 36.2. The van der Waals surface area contributed by atoms with Gasteiger partial charge in [-0.15, -0.1) is 0 Å². The summed E-state index contributed by atoms with van der Waals surface area (Å²) in [5, 5.41) is 5.43. The van der Waals surface area contributed by atoms with Crippen LogP contribution in [0.25, 0.3) is 0 Å². The third kappa shape index (κ3) is 8.93.